The van der Waals surface area contributed by atoms with Crippen molar-refractivity contribution < 1.29 is 9.53 Å². The van der Waals surface area contributed by atoms with Crippen LogP contribution in [0.4, 0.5) is 0 Å². The first-order chi connectivity index (χ1) is 8.33. The predicted octanol–water partition coefficient (Wildman–Crippen LogP) is 3.49. The highest BCUT2D eigenvalue weighted by atomic mass is 16.5. The second kappa shape index (κ2) is 8.11. The molecule has 17 heavy (non-hydrogen) atoms. The van der Waals surface area contributed by atoms with Gasteiger partial charge in [-0.25, -0.2) is 0 Å². The summed E-state index contributed by atoms with van der Waals surface area (Å²) in [5.74, 6) is 0.413. The maximum absolute atomic E-state index is 10.8. The average Bonchev–Trinajstić information content (AvgIpc) is 2.42. The molecule has 1 radical (unpaired) electrons. The van der Waals surface area contributed by atoms with Crippen LogP contribution >= 0.6 is 0 Å². The Kier molecular flexibility index (Phi) is 6.19. The Balaban J connectivity index is 0.000000202. The van der Waals surface area contributed by atoms with Crippen molar-refractivity contribution in [2.75, 3.05) is 0 Å². The summed E-state index contributed by atoms with van der Waals surface area (Å²) in [6, 6.07) is 21.6. The Labute approximate surface area is 102 Å². The van der Waals surface area contributed by atoms with E-state index in [2.05, 4.69) is 6.07 Å². The van der Waals surface area contributed by atoms with Gasteiger partial charge in [-0.05, 0) is 18.2 Å². The highest BCUT2D eigenvalue weighted by Gasteiger charge is 1.98. The molecule has 0 unspecified atom stereocenters. The Morgan fingerprint density at radius 3 is 2.06 bits per heavy atom. The molecule has 0 amide bonds. The van der Waals surface area contributed by atoms with Crippen LogP contribution in [0.5, 0.6) is 5.75 Å². The number of carbonyl (C=O) groups is 1. The van der Waals surface area contributed by atoms with Crippen molar-refractivity contribution in [3.8, 4) is 5.75 Å². The van der Waals surface area contributed by atoms with Crippen LogP contribution in [0.1, 0.15) is 13.3 Å². The fourth-order valence-electron chi connectivity index (χ4n) is 1.03. The lowest BCUT2D eigenvalue weighted by Crippen LogP contribution is -2.04. The first-order valence-corrected chi connectivity index (χ1v) is 5.49. The van der Waals surface area contributed by atoms with Gasteiger partial charge in [0.25, 0.3) is 0 Å². The third-order valence-electron chi connectivity index (χ3n) is 1.87. The zero-order valence-electron chi connectivity index (χ0n) is 9.80. The van der Waals surface area contributed by atoms with Crippen molar-refractivity contribution in [2.24, 2.45) is 0 Å². The van der Waals surface area contributed by atoms with Gasteiger partial charge < -0.3 is 4.74 Å². The molecule has 0 bridgehead atoms. The topological polar surface area (TPSA) is 26.3 Å². The first-order valence-electron chi connectivity index (χ1n) is 5.49. The van der Waals surface area contributed by atoms with Gasteiger partial charge in [-0.1, -0.05) is 55.5 Å². The highest BCUT2D eigenvalue weighted by molar-refractivity contribution is 5.71. The molecule has 0 saturated carbocycles. The largest absolute Gasteiger partial charge is 0.427 e. The van der Waals surface area contributed by atoms with Crippen molar-refractivity contribution in [3.63, 3.8) is 0 Å². The number of benzene rings is 2. The van der Waals surface area contributed by atoms with Gasteiger partial charge in [0.15, 0.2) is 0 Å². The van der Waals surface area contributed by atoms with Gasteiger partial charge in [0.2, 0.25) is 0 Å². The fourth-order valence-corrected chi connectivity index (χ4v) is 1.03. The van der Waals surface area contributed by atoms with E-state index < -0.39 is 0 Å². The summed E-state index contributed by atoms with van der Waals surface area (Å²) in [5.41, 5.74) is 0. The van der Waals surface area contributed by atoms with Crippen LogP contribution in [0.3, 0.4) is 0 Å². The maximum atomic E-state index is 10.8. The molecule has 2 aromatic rings. The number of carbonyl (C=O) groups excluding carboxylic acids is 1. The number of para-hydroxylation sites is 1. The molecule has 0 aliphatic carbocycles. The molecule has 2 rings (SSSR count). The third kappa shape index (κ3) is 6.15. The molecule has 2 aromatic carbocycles. The van der Waals surface area contributed by atoms with Crippen LogP contribution in [-0.2, 0) is 4.79 Å². The van der Waals surface area contributed by atoms with E-state index in [0.717, 1.165) is 0 Å². The molecular formula is C15H15O2. The molecule has 0 spiro atoms. The third-order valence-corrected chi connectivity index (χ3v) is 1.87. The minimum Gasteiger partial charge on any atom is -0.427 e. The van der Waals surface area contributed by atoms with E-state index in [1.165, 1.54) is 0 Å². The normalized spacial score (nSPS) is 8.76. The quantitative estimate of drug-likeness (QED) is 0.580. The second-order valence-electron chi connectivity index (χ2n) is 3.22. The van der Waals surface area contributed by atoms with Gasteiger partial charge in [0.05, 0.1) is 0 Å². The SMILES string of the molecule is CCC(=O)Oc1ccccc1.[c]1ccccc1. The summed E-state index contributed by atoms with van der Waals surface area (Å²) in [6.45, 7) is 1.77. The molecule has 0 aromatic heterocycles. The van der Waals surface area contributed by atoms with Crippen molar-refractivity contribution >= 4 is 5.97 Å². The summed E-state index contributed by atoms with van der Waals surface area (Å²) in [4.78, 5) is 10.8. The minimum atomic E-state index is -0.198. The molecule has 0 aliphatic heterocycles. The predicted molar refractivity (Wildman–Crippen MR) is 67.6 cm³/mol. The molecule has 0 heterocycles. The van der Waals surface area contributed by atoms with Crippen LogP contribution in [-0.4, -0.2) is 5.97 Å². The minimum absolute atomic E-state index is 0.198. The van der Waals surface area contributed by atoms with Crippen molar-refractivity contribution in [1.29, 1.82) is 0 Å². The first kappa shape index (κ1) is 13.0. The zero-order chi connectivity index (χ0) is 12.3. The number of rotatable bonds is 2. The van der Waals surface area contributed by atoms with Crippen molar-refractivity contribution in [1.82, 2.24) is 0 Å². The van der Waals surface area contributed by atoms with E-state index in [0.29, 0.717) is 12.2 Å². The van der Waals surface area contributed by atoms with Gasteiger partial charge in [-0.15, -0.1) is 0 Å². The van der Waals surface area contributed by atoms with Crippen molar-refractivity contribution in [2.45, 2.75) is 13.3 Å². The van der Waals surface area contributed by atoms with Crippen LogP contribution in [0, 0.1) is 6.07 Å². The Bertz CT molecular complexity index is 383. The van der Waals surface area contributed by atoms with Gasteiger partial charge >= 0.3 is 5.97 Å². The maximum Gasteiger partial charge on any atom is 0.310 e. The summed E-state index contributed by atoms with van der Waals surface area (Å²) in [7, 11) is 0. The smallest absolute Gasteiger partial charge is 0.310 e. The van der Waals surface area contributed by atoms with Crippen LogP contribution in [0.15, 0.2) is 60.7 Å². The van der Waals surface area contributed by atoms with E-state index in [1.807, 2.05) is 48.5 Å². The Morgan fingerprint density at radius 2 is 1.65 bits per heavy atom. The molecule has 2 nitrogen and oxygen atoms in total. The standard InChI is InChI=1S/C9H10O2.C6H5/c1-2-9(10)11-8-6-4-3-5-7-8;1-2-4-6-5-3-1/h3-7H,2H2,1H3;1-5H. The summed E-state index contributed by atoms with van der Waals surface area (Å²) >= 11 is 0. The number of hydrogen-bond acceptors (Lipinski definition) is 2. The van der Waals surface area contributed by atoms with Gasteiger partial charge in [0.1, 0.15) is 5.75 Å². The molecule has 0 N–H and O–H groups in total. The lowest BCUT2D eigenvalue weighted by Gasteiger charge is -1.99. The lowest BCUT2D eigenvalue weighted by atomic mass is 10.3. The van der Waals surface area contributed by atoms with Crippen LogP contribution in [0.25, 0.3) is 0 Å². The Morgan fingerprint density at radius 1 is 1.06 bits per heavy atom. The Hall–Kier alpha value is -2.09. The summed E-state index contributed by atoms with van der Waals surface area (Å²) < 4.78 is 4.92. The molecule has 0 atom stereocenters. The van der Waals surface area contributed by atoms with Gasteiger partial charge in [-0.3, -0.25) is 4.79 Å². The summed E-state index contributed by atoms with van der Waals surface area (Å²) in [6.07, 6.45) is 0.412. The number of hydrogen-bond donors (Lipinski definition) is 0. The van der Waals surface area contributed by atoms with Crippen LogP contribution in [0.2, 0.25) is 0 Å². The highest BCUT2D eigenvalue weighted by Crippen LogP contribution is 2.08. The molecule has 2 heteroatoms. The van der Waals surface area contributed by atoms with E-state index in [-0.39, 0.29) is 5.97 Å². The molecule has 0 fully saturated rings. The van der Waals surface area contributed by atoms with E-state index in [1.54, 1.807) is 19.1 Å². The van der Waals surface area contributed by atoms with E-state index in [9.17, 15) is 4.79 Å². The number of ether oxygens (including phenoxy) is 1. The fraction of sp³-hybridized carbons (Fsp3) is 0.133. The van der Waals surface area contributed by atoms with Gasteiger partial charge in [-0.2, -0.15) is 0 Å². The second-order valence-corrected chi connectivity index (χ2v) is 3.22. The molecular weight excluding hydrogens is 212 g/mol. The molecule has 0 saturated heterocycles. The molecule has 0 aliphatic rings. The lowest BCUT2D eigenvalue weighted by molar-refractivity contribution is -0.134. The van der Waals surface area contributed by atoms with Crippen LogP contribution < -0.4 is 4.74 Å². The van der Waals surface area contributed by atoms with E-state index in [4.69, 9.17) is 4.74 Å². The van der Waals surface area contributed by atoms with E-state index >= 15 is 0 Å². The average molecular weight is 227 g/mol. The van der Waals surface area contributed by atoms with Crippen molar-refractivity contribution in [3.05, 3.63) is 66.7 Å². The summed E-state index contributed by atoms with van der Waals surface area (Å²) in [5, 5.41) is 0. The van der Waals surface area contributed by atoms with Gasteiger partial charge in [0, 0.05) is 6.42 Å². The number of esters is 1. The monoisotopic (exact) mass is 227 g/mol. The molecule has 87 valence electrons. The zero-order valence-corrected chi connectivity index (χ0v) is 9.80.